The van der Waals surface area contributed by atoms with Crippen LogP contribution in [0.25, 0.3) is 0 Å². The maximum Gasteiger partial charge on any atom is 0.337 e. The van der Waals surface area contributed by atoms with Gasteiger partial charge in [0.05, 0.1) is 17.4 Å². The third-order valence-corrected chi connectivity index (χ3v) is 4.10. The number of nitrogens with zero attached hydrogens (tertiary/aromatic N) is 2. The lowest BCUT2D eigenvalue weighted by Gasteiger charge is -2.23. The molecule has 1 aliphatic carbocycles. The number of anilines is 2. The Morgan fingerprint density at radius 1 is 1.55 bits per heavy atom. The van der Waals surface area contributed by atoms with E-state index in [4.69, 9.17) is 10.8 Å². The van der Waals surface area contributed by atoms with Crippen molar-refractivity contribution in [2.45, 2.75) is 25.4 Å². The summed E-state index contributed by atoms with van der Waals surface area (Å²) in [5.41, 5.74) is 7.20. The maximum atomic E-state index is 11.2. The zero-order chi connectivity index (χ0) is 14.1. The molecule has 2 heterocycles. The molecule has 0 radical (unpaired) electrons. The third-order valence-electron chi connectivity index (χ3n) is 3.37. The molecule has 5 nitrogen and oxygen atoms in total. The van der Waals surface area contributed by atoms with E-state index in [9.17, 15) is 4.79 Å². The number of nitrogens with two attached hydrogens (primary N) is 1. The second-order valence-corrected chi connectivity index (χ2v) is 5.71. The summed E-state index contributed by atoms with van der Waals surface area (Å²) in [5, 5.41) is 13.3. The minimum Gasteiger partial charge on any atom is -0.478 e. The van der Waals surface area contributed by atoms with Crippen molar-refractivity contribution in [3.05, 3.63) is 40.2 Å². The van der Waals surface area contributed by atoms with Gasteiger partial charge in [-0.05, 0) is 41.3 Å². The molecule has 0 unspecified atom stereocenters. The molecule has 3 N–H and O–H groups in total. The number of carboxylic acids is 1. The van der Waals surface area contributed by atoms with Gasteiger partial charge < -0.3 is 15.7 Å². The number of aromatic carboxylic acids is 1. The lowest BCUT2D eigenvalue weighted by molar-refractivity contribution is 0.0698. The quantitative estimate of drug-likeness (QED) is 0.884. The summed E-state index contributed by atoms with van der Waals surface area (Å²) in [6.45, 7) is 0.754. The van der Waals surface area contributed by atoms with Crippen molar-refractivity contribution in [3.8, 4) is 0 Å². The SMILES string of the molecule is Nc1cnc(N(Cc2ccsc2)C2CC2)cc1C(=O)O. The topological polar surface area (TPSA) is 79.5 Å². The number of nitrogen functional groups attached to an aromatic ring is 1. The molecule has 2 aromatic heterocycles. The molecule has 3 rings (SSSR count). The molecule has 6 heteroatoms. The van der Waals surface area contributed by atoms with Crippen LogP contribution in [-0.2, 0) is 6.54 Å². The highest BCUT2D eigenvalue weighted by Gasteiger charge is 2.30. The van der Waals surface area contributed by atoms with Crippen LogP contribution in [0, 0.1) is 0 Å². The highest BCUT2D eigenvalue weighted by Crippen LogP contribution is 2.33. The number of thiophene rings is 1. The first kappa shape index (κ1) is 12.9. The lowest BCUT2D eigenvalue weighted by atomic mass is 10.2. The van der Waals surface area contributed by atoms with E-state index in [1.807, 2.05) is 5.38 Å². The van der Waals surface area contributed by atoms with E-state index in [1.54, 1.807) is 17.4 Å². The molecule has 0 bridgehead atoms. The zero-order valence-corrected chi connectivity index (χ0v) is 11.6. The summed E-state index contributed by atoms with van der Waals surface area (Å²) in [6, 6.07) is 4.10. The van der Waals surface area contributed by atoms with Gasteiger partial charge in [-0.3, -0.25) is 0 Å². The predicted octanol–water partition coefficient (Wildman–Crippen LogP) is 2.59. The Morgan fingerprint density at radius 2 is 2.35 bits per heavy atom. The normalized spacial score (nSPS) is 14.2. The van der Waals surface area contributed by atoms with Crippen molar-refractivity contribution in [3.63, 3.8) is 0 Å². The van der Waals surface area contributed by atoms with Gasteiger partial charge >= 0.3 is 5.97 Å². The standard InChI is InChI=1S/C14H15N3O2S/c15-12-6-16-13(5-11(12)14(18)19)17(10-1-2-10)7-9-3-4-20-8-9/h3-6,8,10H,1-2,7,15H2,(H,18,19). The molecule has 1 fully saturated rings. The van der Waals surface area contributed by atoms with E-state index in [-0.39, 0.29) is 11.3 Å². The summed E-state index contributed by atoms with van der Waals surface area (Å²) in [6.07, 6.45) is 3.68. The van der Waals surface area contributed by atoms with Gasteiger partial charge in [0.2, 0.25) is 0 Å². The van der Waals surface area contributed by atoms with Gasteiger partial charge in [-0.2, -0.15) is 11.3 Å². The second-order valence-electron chi connectivity index (χ2n) is 4.93. The Kier molecular flexibility index (Phi) is 3.31. The van der Waals surface area contributed by atoms with Crippen molar-refractivity contribution in [2.24, 2.45) is 0 Å². The summed E-state index contributed by atoms with van der Waals surface area (Å²) in [5.74, 6) is -0.331. The van der Waals surface area contributed by atoms with Gasteiger partial charge in [0.15, 0.2) is 0 Å². The summed E-state index contributed by atoms with van der Waals surface area (Å²) in [4.78, 5) is 17.6. The van der Waals surface area contributed by atoms with Gasteiger partial charge in [-0.25, -0.2) is 9.78 Å². The molecule has 104 valence electrons. The summed E-state index contributed by atoms with van der Waals surface area (Å²) < 4.78 is 0. The van der Waals surface area contributed by atoms with Crippen LogP contribution in [0.4, 0.5) is 11.5 Å². The van der Waals surface area contributed by atoms with Gasteiger partial charge in [-0.1, -0.05) is 0 Å². The van der Waals surface area contributed by atoms with Crippen LogP contribution < -0.4 is 10.6 Å². The summed E-state index contributed by atoms with van der Waals surface area (Å²) in [7, 11) is 0. The number of aromatic nitrogens is 1. The average molecular weight is 289 g/mol. The van der Waals surface area contributed by atoms with Crippen molar-refractivity contribution in [2.75, 3.05) is 10.6 Å². The minimum atomic E-state index is -1.02. The molecule has 2 aromatic rings. The fraction of sp³-hybridized carbons (Fsp3) is 0.286. The third kappa shape index (κ3) is 2.60. The first-order valence-electron chi connectivity index (χ1n) is 6.41. The molecule has 0 atom stereocenters. The molecule has 0 aliphatic heterocycles. The number of hydrogen-bond donors (Lipinski definition) is 2. The van der Waals surface area contributed by atoms with Crippen LogP contribution in [0.1, 0.15) is 28.8 Å². The molecule has 1 saturated carbocycles. The number of carbonyl (C=O) groups is 1. The average Bonchev–Trinajstić information content (AvgIpc) is 3.14. The molecule has 0 saturated heterocycles. The first-order valence-corrected chi connectivity index (χ1v) is 7.36. The molecule has 0 spiro atoms. The smallest absolute Gasteiger partial charge is 0.337 e. The largest absolute Gasteiger partial charge is 0.478 e. The Hall–Kier alpha value is -2.08. The summed E-state index contributed by atoms with van der Waals surface area (Å²) >= 11 is 1.66. The van der Waals surface area contributed by atoms with Crippen LogP contribution in [-0.4, -0.2) is 22.1 Å². The van der Waals surface area contributed by atoms with E-state index in [0.29, 0.717) is 11.9 Å². The lowest BCUT2D eigenvalue weighted by Crippen LogP contribution is -2.26. The first-order chi connectivity index (χ1) is 9.65. The van der Waals surface area contributed by atoms with Crippen molar-refractivity contribution >= 4 is 28.8 Å². The highest BCUT2D eigenvalue weighted by molar-refractivity contribution is 7.07. The van der Waals surface area contributed by atoms with Gasteiger partial charge in [0.1, 0.15) is 5.82 Å². The second kappa shape index (κ2) is 5.13. The van der Waals surface area contributed by atoms with Crippen LogP contribution in [0.15, 0.2) is 29.1 Å². The number of pyridine rings is 1. The zero-order valence-electron chi connectivity index (χ0n) is 10.8. The van der Waals surface area contributed by atoms with E-state index in [0.717, 1.165) is 19.4 Å². The van der Waals surface area contributed by atoms with Gasteiger partial charge in [-0.15, -0.1) is 0 Å². The van der Waals surface area contributed by atoms with E-state index in [1.165, 1.54) is 11.8 Å². The van der Waals surface area contributed by atoms with Crippen molar-refractivity contribution in [1.29, 1.82) is 0 Å². The van der Waals surface area contributed by atoms with Crippen LogP contribution in [0.2, 0.25) is 0 Å². The van der Waals surface area contributed by atoms with E-state index >= 15 is 0 Å². The fourth-order valence-electron chi connectivity index (χ4n) is 2.16. The molecule has 1 aliphatic rings. The van der Waals surface area contributed by atoms with Crippen molar-refractivity contribution < 1.29 is 9.90 Å². The Labute approximate surface area is 120 Å². The van der Waals surface area contributed by atoms with Crippen LogP contribution in [0.3, 0.4) is 0 Å². The molecular weight excluding hydrogens is 274 g/mol. The number of hydrogen-bond acceptors (Lipinski definition) is 5. The van der Waals surface area contributed by atoms with Crippen LogP contribution >= 0.6 is 11.3 Å². The van der Waals surface area contributed by atoms with Crippen LogP contribution in [0.5, 0.6) is 0 Å². The molecule has 0 aromatic carbocycles. The maximum absolute atomic E-state index is 11.2. The Morgan fingerprint density at radius 3 is 2.95 bits per heavy atom. The molecule has 0 amide bonds. The number of rotatable bonds is 5. The van der Waals surface area contributed by atoms with Crippen molar-refractivity contribution in [1.82, 2.24) is 4.98 Å². The monoisotopic (exact) mass is 289 g/mol. The van der Waals surface area contributed by atoms with Gasteiger partial charge in [0, 0.05) is 12.6 Å². The molecular formula is C14H15N3O2S. The van der Waals surface area contributed by atoms with Gasteiger partial charge in [0.25, 0.3) is 0 Å². The fourth-order valence-corrected chi connectivity index (χ4v) is 2.82. The Bertz CT molecular complexity index is 623. The predicted molar refractivity (Wildman–Crippen MR) is 79.1 cm³/mol. The minimum absolute atomic E-state index is 0.117. The highest BCUT2D eigenvalue weighted by atomic mass is 32.1. The molecule has 20 heavy (non-hydrogen) atoms. The Balaban J connectivity index is 1.91. The van der Waals surface area contributed by atoms with E-state index < -0.39 is 5.97 Å². The number of carboxylic acid groups (broad SMARTS) is 1. The van der Waals surface area contributed by atoms with E-state index in [2.05, 4.69) is 21.3 Å².